The number of likely N-dealkylation sites (tertiary alicyclic amines) is 1. The minimum atomic E-state index is -0.538. The van der Waals surface area contributed by atoms with Crippen LogP contribution in [0.3, 0.4) is 0 Å². The summed E-state index contributed by atoms with van der Waals surface area (Å²) < 4.78 is 0. The van der Waals surface area contributed by atoms with Gasteiger partial charge in [-0.2, -0.15) is 0 Å². The van der Waals surface area contributed by atoms with Gasteiger partial charge in [-0.1, -0.05) is 6.92 Å². The van der Waals surface area contributed by atoms with Gasteiger partial charge in [0.05, 0.1) is 11.1 Å². The summed E-state index contributed by atoms with van der Waals surface area (Å²) in [5.74, 6) is 0.299. The number of hydrogen-bond acceptors (Lipinski definition) is 3. The van der Waals surface area contributed by atoms with E-state index < -0.39 is 5.91 Å². The molecule has 5 heteroatoms. The molecule has 108 valence electrons. The second-order valence-corrected chi connectivity index (χ2v) is 6.19. The number of thioether (sulfide) groups is 1. The Hall–Kier alpha value is -1.49. The summed E-state index contributed by atoms with van der Waals surface area (Å²) in [5.41, 5.74) is 6.19. The summed E-state index contributed by atoms with van der Waals surface area (Å²) in [7, 11) is 0. The monoisotopic (exact) mass is 292 g/mol. The number of piperidine rings is 1. The van der Waals surface area contributed by atoms with E-state index in [4.69, 9.17) is 5.73 Å². The Morgan fingerprint density at radius 3 is 2.50 bits per heavy atom. The summed E-state index contributed by atoms with van der Waals surface area (Å²) in [5, 5.41) is 0. The predicted octanol–water partition coefficient (Wildman–Crippen LogP) is 2.52. The third kappa shape index (κ3) is 3.33. The molecule has 0 bridgehead atoms. The largest absolute Gasteiger partial charge is 0.366 e. The lowest BCUT2D eigenvalue weighted by molar-refractivity contribution is 0.0719. The lowest BCUT2D eigenvalue weighted by Gasteiger charge is -2.27. The minimum absolute atomic E-state index is 0.0773. The van der Waals surface area contributed by atoms with E-state index in [0.29, 0.717) is 11.1 Å². The summed E-state index contributed by atoms with van der Waals surface area (Å²) >= 11 is 1.63. The van der Waals surface area contributed by atoms with Crippen molar-refractivity contribution in [1.82, 2.24) is 4.90 Å². The van der Waals surface area contributed by atoms with E-state index in [1.807, 2.05) is 17.9 Å². The first-order chi connectivity index (χ1) is 9.63. The van der Waals surface area contributed by atoms with Gasteiger partial charge in [-0.05, 0) is 43.2 Å². The second kappa shape index (κ2) is 6.79. The molecular weight excluding hydrogens is 272 g/mol. The first-order valence-corrected chi connectivity index (χ1v) is 7.98. The molecule has 0 aromatic heterocycles. The lowest BCUT2D eigenvalue weighted by Crippen LogP contribution is -2.36. The van der Waals surface area contributed by atoms with Gasteiger partial charge in [-0.3, -0.25) is 9.59 Å². The summed E-state index contributed by atoms with van der Waals surface area (Å²) in [4.78, 5) is 26.9. The average Bonchev–Trinajstić information content (AvgIpc) is 2.47. The highest BCUT2D eigenvalue weighted by molar-refractivity contribution is 7.99. The third-order valence-corrected chi connectivity index (χ3v) is 4.32. The smallest absolute Gasteiger partial charge is 0.254 e. The summed E-state index contributed by atoms with van der Waals surface area (Å²) in [6, 6.07) is 5.35. The minimum Gasteiger partial charge on any atom is -0.366 e. The van der Waals surface area contributed by atoms with Crippen molar-refractivity contribution in [1.29, 1.82) is 0 Å². The molecule has 1 aromatic rings. The zero-order chi connectivity index (χ0) is 14.5. The number of carbonyl (C=O) groups is 2. The normalized spacial score (nSPS) is 15.2. The van der Waals surface area contributed by atoms with Crippen LogP contribution in [0.15, 0.2) is 23.1 Å². The Balaban J connectivity index is 2.29. The molecular formula is C15H20N2O2S. The van der Waals surface area contributed by atoms with E-state index in [2.05, 4.69) is 0 Å². The number of benzene rings is 1. The summed E-state index contributed by atoms with van der Waals surface area (Å²) in [6.07, 6.45) is 3.22. The van der Waals surface area contributed by atoms with Crippen molar-refractivity contribution < 1.29 is 9.59 Å². The lowest BCUT2D eigenvalue weighted by atomic mass is 10.0. The Labute approximate surface area is 123 Å². The van der Waals surface area contributed by atoms with Gasteiger partial charge in [0.25, 0.3) is 5.91 Å². The van der Waals surface area contributed by atoms with Gasteiger partial charge in [0, 0.05) is 18.0 Å². The number of amides is 2. The van der Waals surface area contributed by atoms with Crippen LogP contribution in [0, 0.1) is 0 Å². The third-order valence-electron chi connectivity index (χ3n) is 3.44. The quantitative estimate of drug-likeness (QED) is 0.867. The Kier molecular flexibility index (Phi) is 5.06. The molecule has 4 nitrogen and oxygen atoms in total. The first-order valence-electron chi connectivity index (χ1n) is 6.99. The van der Waals surface area contributed by atoms with E-state index in [1.54, 1.807) is 23.9 Å². The fourth-order valence-electron chi connectivity index (χ4n) is 2.44. The fraction of sp³-hybridized carbons (Fsp3) is 0.467. The maximum atomic E-state index is 12.5. The van der Waals surface area contributed by atoms with E-state index in [-0.39, 0.29) is 5.91 Å². The van der Waals surface area contributed by atoms with Crippen molar-refractivity contribution in [3.8, 4) is 0 Å². The zero-order valence-electron chi connectivity index (χ0n) is 11.7. The molecule has 1 fully saturated rings. The molecule has 0 saturated carbocycles. The molecule has 2 rings (SSSR count). The predicted molar refractivity (Wildman–Crippen MR) is 81.1 cm³/mol. The van der Waals surface area contributed by atoms with Crippen LogP contribution in [0.25, 0.3) is 0 Å². The van der Waals surface area contributed by atoms with Crippen molar-refractivity contribution in [2.45, 2.75) is 31.1 Å². The standard InChI is InChI=1S/C15H20N2O2S/c1-2-20-11-6-7-12(13(10-11)14(16)18)15(19)17-8-4-3-5-9-17/h6-7,10H,2-5,8-9H2,1H3,(H2,16,18). The molecule has 1 saturated heterocycles. The van der Waals surface area contributed by atoms with Crippen molar-refractivity contribution in [2.24, 2.45) is 5.73 Å². The molecule has 0 unspecified atom stereocenters. The highest BCUT2D eigenvalue weighted by atomic mass is 32.2. The van der Waals surface area contributed by atoms with Crippen molar-refractivity contribution in [3.63, 3.8) is 0 Å². The Bertz CT molecular complexity index is 511. The highest BCUT2D eigenvalue weighted by Crippen LogP contribution is 2.23. The maximum absolute atomic E-state index is 12.5. The van der Waals surface area contributed by atoms with Crippen LogP contribution in [0.1, 0.15) is 46.9 Å². The average molecular weight is 292 g/mol. The highest BCUT2D eigenvalue weighted by Gasteiger charge is 2.22. The number of carbonyl (C=O) groups excluding carboxylic acids is 2. The van der Waals surface area contributed by atoms with Gasteiger partial charge in [0.1, 0.15) is 0 Å². The van der Waals surface area contributed by atoms with Crippen LogP contribution in [0.5, 0.6) is 0 Å². The SMILES string of the molecule is CCSc1ccc(C(=O)N2CCCCC2)c(C(N)=O)c1. The van der Waals surface area contributed by atoms with Crippen molar-refractivity contribution in [2.75, 3.05) is 18.8 Å². The molecule has 0 radical (unpaired) electrons. The van der Waals surface area contributed by atoms with Gasteiger partial charge in [0.2, 0.25) is 5.91 Å². The molecule has 0 spiro atoms. The van der Waals surface area contributed by atoms with E-state index in [9.17, 15) is 9.59 Å². The van der Waals surface area contributed by atoms with Gasteiger partial charge in [0.15, 0.2) is 0 Å². The zero-order valence-corrected chi connectivity index (χ0v) is 12.5. The molecule has 0 aliphatic carbocycles. The summed E-state index contributed by atoms with van der Waals surface area (Å²) in [6.45, 7) is 3.58. The Morgan fingerprint density at radius 2 is 1.90 bits per heavy atom. The van der Waals surface area contributed by atoms with Crippen LogP contribution in [0.4, 0.5) is 0 Å². The van der Waals surface area contributed by atoms with Crippen LogP contribution in [-0.2, 0) is 0 Å². The second-order valence-electron chi connectivity index (χ2n) is 4.86. The topological polar surface area (TPSA) is 63.4 Å². The van der Waals surface area contributed by atoms with Gasteiger partial charge >= 0.3 is 0 Å². The van der Waals surface area contributed by atoms with Crippen LogP contribution in [0.2, 0.25) is 0 Å². The molecule has 1 aromatic carbocycles. The molecule has 2 N–H and O–H groups in total. The van der Waals surface area contributed by atoms with E-state index in [1.165, 1.54) is 6.42 Å². The van der Waals surface area contributed by atoms with E-state index in [0.717, 1.165) is 36.6 Å². The van der Waals surface area contributed by atoms with Gasteiger partial charge in [-0.25, -0.2) is 0 Å². The number of nitrogens with zero attached hydrogens (tertiary/aromatic N) is 1. The molecule has 2 amide bonds. The molecule has 1 aliphatic rings. The van der Waals surface area contributed by atoms with Crippen LogP contribution >= 0.6 is 11.8 Å². The van der Waals surface area contributed by atoms with Gasteiger partial charge in [-0.15, -0.1) is 11.8 Å². The van der Waals surface area contributed by atoms with Crippen LogP contribution in [-0.4, -0.2) is 35.6 Å². The number of rotatable bonds is 4. The number of primary amides is 1. The number of hydrogen-bond donors (Lipinski definition) is 1. The Morgan fingerprint density at radius 1 is 1.20 bits per heavy atom. The van der Waals surface area contributed by atoms with E-state index >= 15 is 0 Å². The van der Waals surface area contributed by atoms with Gasteiger partial charge < -0.3 is 10.6 Å². The molecule has 1 aliphatic heterocycles. The molecule has 20 heavy (non-hydrogen) atoms. The molecule has 1 heterocycles. The maximum Gasteiger partial charge on any atom is 0.254 e. The first kappa shape index (κ1) is 14.9. The fourth-order valence-corrected chi connectivity index (χ4v) is 3.14. The molecule has 0 atom stereocenters. The number of nitrogens with two attached hydrogens (primary N) is 1. The van der Waals surface area contributed by atoms with Crippen LogP contribution < -0.4 is 5.73 Å². The van der Waals surface area contributed by atoms with Crippen molar-refractivity contribution >= 4 is 23.6 Å². The van der Waals surface area contributed by atoms with Crippen molar-refractivity contribution in [3.05, 3.63) is 29.3 Å².